The second kappa shape index (κ2) is 2.61. The maximum absolute atomic E-state index is 12.5. The van der Waals surface area contributed by atoms with Gasteiger partial charge in [-0.3, -0.25) is 0 Å². The summed E-state index contributed by atoms with van der Waals surface area (Å²) in [6.45, 7) is 0. The molecule has 1 aliphatic carbocycles. The summed E-state index contributed by atoms with van der Waals surface area (Å²) in [6.07, 6.45) is 5.59. The fraction of sp³-hybridized carbons (Fsp3) is 0. The van der Waals surface area contributed by atoms with Gasteiger partial charge < -0.3 is 0 Å². The Kier molecular flexibility index (Phi) is 2.01. The van der Waals surface area contributed by atoms with Gasteiger partial charge in [0.05, 0.1) is 12.2 Å². The Morgan fingerprint density at radius 2 is 2.33 bits per heavy atom. The molecule has 0 aromatic rings. The normalized spacial score (nSPS) is 17.4. The lowest BCUT2D eigenvalue weighted by Crippen LogP contribution is -1.81. The Bertz CT molecular complexity index is 215. The number of hydrogen-bond acceptors (Lipinski definition) is 0. The van der Waals surface area contributed by atoms with Gasteiger partial charge in [0.15, 0.2) is 5.03 Å². The molecule has 0 bridgehead atoms. The SMILES string of the molecule is FC1=C(Cl)C=C[C+]=C1Br. The van der Waals surface area contributed by atoms with Gasteiger partial charge in [-0.25, -0.2) is 0 Å². The van der Waals surface area contributed by atoms with Crippen molar-refractivity contribution in [3.8, 4) is 0 Å². The first-order valence-electron chi connectivity index (χ1n) is 2.23. The summed E-state index contributed by atoms with van der Waals surface area (Å²) >= 11 is 8.32. The summed E-state index contributed by atoms with van der Waals surface area (Å²) in [4.78, 5) is 0. The minimum absolute atomic E-state index is 0.112. The van der Waals surface area contributed by atoms with E-state index in [1.54, 1.807) is 6.08 Å². The molecule has 0 atom stereocenters. The average Bonchev–Trinajstić information content (AvgIpc) is 1.83. The van der Waals surface area contributed by atoms with Crippen LogP contribution in [0.4, 0.5) is 4.39 Å². The standard InChI is InChI=1S/C6H2BrClF/c7-4-2-1-3-5(8)6(4)9/h1,3H/q+1. The predicted octanol–water partition coefficient (Wildman–Crippen LogP) is 3.06. The third-order valence-electron chi connectivity index (χ3n) is 0.842. The van der Waals surface area contributed by atoms with Gasteiger partial charge in [0.2, 0.25) is 4.48 Å². The van der Waals surface area contributed by atoms with Crippen LogP contribution in [0.1, 0.15) is 0 Å². The van der Waals surface area contributed by atoms with Gasteiger partial charge in [0.1, 0.15) is 6.08 Å². The predicted molar refractivity (Wildman–Crippen MR) is 38.8 cm³/mol. The Labute approximate surface area is 65.8 Å². The third-order valence-corrected chi connectivity index (χ3v) is 1.71. The Hall–Kier alpha value is -0.170. The molecule has 0 heterocycles. The van der Waals surface area contributed by atoms with Crippen LogP contribution in [-0.4, -0.2) is 0 Å². The summed E-state index contributed by atoms with van der Waals surface area (Å²) in [5.74, 6) is -0.459. The van der Waals surface area contributed by atoms with Crippen molar-refractivity contribution in [2.45, 2.75) is 0 Å². The first kappa shape index (κ1) is 6.94. The smallest absolute Gasteiger partial charge is 0.123 e. The van der Waals surface area contributed by atoms with E-state index in [4.69, 9.17) is 11.6 Å². The summed E-state index contributed by atoms with van der Waals surface area (Å²) in [6, 6.07) is 0. The maximum Gasteiger partial charge on any atom is 0.274 e. The fourth-order valence-electron chi connectivity index (χ4n) is 0.429. The topological polar surface area (TPSA) is 0 Å². The van der Waals surface area contributed by atoms with E-state index in [9.17, 15) is 4.39 Å². The van der Waals surface area contributed by atoms with Gasteiger partial charge in [-0.1, -0.05) is 0 Å². The van der Waals surface area contributed by atoms with Crippen molar-refractivity contribution in [1.29, 1.82) is 0 Å². The summed E-state index contributed by atoms with van der Waals surface area (Å²) < 4.78 is 12.8. The van der Waals surface area contributed by atoms with E-state index in [-0.39, 0.29) is 9.51 Å². The molecule has 0 aromatic heterocycles. The van der Waals surface area contributed by atoms with E-state index in [2.05, 4.69) is 22.0 Å². The van der Waals surface area contributed by atoms with E-state index < -0.39 is 5.83 Å². The highest BCUT2D eigenvalue weighted by Gasteiger charge is 2.18. The van der Waals surface area contributed by atoms with Crippen molar-refractivity contribution in [3.63, 3.8) is 0 Å². The van der Waals surface area contributed by atoms with Crippen LogP contribution >= 0.6 is 27.5 Å². The average molecular weight is 208 g/mol. The summed E-state index contributed by atoms with van der Waals surface area (Å²) in [5, 5.41) is 0.112. The quantitative estimate of drug-likeness (QED) is 0.537. The molecule has 0 unspecified atom stereocenters. The molecule has 0 aliphatic heterocycles. The summed E-state index contributed by atoms with van der Waals surface area (Å²) in [7, 11) is 0. The minimum Gasteiger partial charge on any atom is -0.123 e. The van der Waals surface area contributed by atoms with Crippen molar-refractivity contribution in [3.05, 3.63) is 33.6 Å². The number of hydrogen-bond donors (Lipinski definition) is 0. The second-order valence-corrected chi connectivity index (χ2v) is 2.65. The van der Waals surface area contributed by atoms with E-state index in [0.29, 0.717) is 0 Å². The van der Waals surface area contributed by atoms with E-state index >= 15 is 0 Å². The molecule has 0 saturated heterocycles. The van der Waals surface area contributed by atoms with Crippen molar-refractivity contribution >= 4 is 27.5 Å². The molecule has 0 saturated carbocycles. The van der Waals surface area contributed by atoms with Crippen LogP contribution < -0.4 is 0 Å². The van der Waals surface area contributed by atoms with Gasteiger partial charge in [0.25, 0.3) is 5.83 Å². The van der Waals surface area contributed by atoms with Gasteiger partial charge >= 0.3 is 0 Å². The lowest BCUT2D eigenvalue weighted by molar-refractivity contribution is 0.660. The molecule has 9 heavy (non-hydrogen) atoms. The van der Waals surface area contributed by atoms with E-state index in [1.807, 2.05) is 0 Å². The molecule has 0 aromatic carbocycles. The van der Waals surface area contributed by atoms with Crippen LogP contribution in [0.25, 0.3) is 0 Å². The number of halogens is 3. The lowest BCUT2D eigenvalue weighted by Gasteiger charge is -1.87. The molecule has 0 nitrogen and oxygen atoms in total. The molecule has 0 spiro atoms. The Morgan fingerprint density at radius 1 is 1.67 bits per heavy atom. The number of rotatable bonds is 0. The van der Waals surface area contributed by atoms with E-state index in [0.717, 1.165) is 0 Å². The highest BCUT2D eigenvalue weighted by atomic mass is 79.9. The van der Waals surface area contributed by atoms with Crippen LogP contribution in [-0.2, 0) is 0 Å². The van der Waals surface area contributed by atoms with Crippen LogP contribution in [0.3, 0.4) is 0 Å². The van der Waals surface area contributed by atoms with Gasteiger partial charge in [-0.15, -0.1) is 4.39 Å². The van der Waals surface area contributed by atoms with E-state index in [1.165, 1.54) is 6.08 Å². The fourth-order valence-corrected chi connectivity index (χ4v) is 1.05. The minimum atomic E-state index is -0.459. The van der Waals surface area contributed by atoms with Gasteiger partial charge in [0, 0.05) is 0 Å². The summed E-state index contributed by atoms with van der Waals surface area (Å²) in [5.41, 5.74) is 0. The van der Waals surface area contributed by atoms with Crippen LogP contribution in [0.2, 0.25) is 0 Å². The first-order valence-corrected chi connectivity index (χ1v) is 3.40. The monoisotopic (exact) mass is 207 g/mol. The van der Waals surface area contributed by atoms with Crippen molar-refractivity contribution in [1.82, 2.24) is 0 Å². The molecule has 1 rings (SSSR count). The zero-order chi connectivity index (χ0) is 6.85. The third kappa shape index (κ3) is 1.39. The lowest BCUT2D eigenvalue weighted by atomic mass is 10.3. The van der Waals surface area contributed by atoms with Gasteiger partial charge in [-0.05, 0) is 27.5 Å². The molecule has 0 radical (unpaired) electrons. The zero-order valence-electron chi connectivity index (χ0n) is 4.29. The molecular weight excluding hydrogens is 206 g/mol. The van der Waals surface area contributed by atoms with Crippen molar-refractivity contribution < 1.29 is 4.39 Å². The molecule has 0 fully saturated rings. The van der Waals surface area contributed by atoms with Crippen molar-refractivity contribution in [2.24, 2.45) is 0 Å². The Morgan fingerprint density at radius 3 is 2.78 bits per heavy atom. The largest absolute Gasteiger partial charge is 0.274 e. The highest BCUT2D eigenvalue weighted by molar-refractivity contribution is 9.11. The van der Waals surface area contributed by atoms with Crippen LogP contribution in [0.15, 0.2) is 27.5 Å². The second-order valence-electron chi connectivity index (χ2n) is 1.45. The molecule has 1 aliphatic rings. The van der Waals surface area contributed by atoms with Gasteiger partial charge in [-0.2, -0.15) is 0 Å². The van der Waals surface area contributed by atoms with Crippen LogP contribution in [0, 0.1) is 6.08 Å². The maximum atomic E-state index is 12.5. The van der Waals surface area contributed by atoms with Crippen LogP contribution in [0.5, 0.6) is 0 Å². The molecule has 3 heteroatoms. The van der Waals surface area contributed by atoms with Crippen molar-refractivity contribution in [2.75, 3.05) is 0 Å². The molecule has 46 valence electrons. The first-order chi connectivity index (χ1) is 4.22. The zero-order valence-corrected chi connectivity index (χ0v) is 6.63. The number of allylic oxidation sites excluding steroid dienone is 6. The molecule has 0 amide bonds. The Balaban J connectivity index is 3.06. The molecule has 0 N–H and O–H groups in total. The molecular formula is C6H2BrClF+. The highest BCUT2D eigenvalue weighted by Crippen LogP contribution is 2.27.